The molecule has 2 aromatic carbocycles. The van der Waals surface area contributed by atoms with Gasteiger partial charge in [0.2, 0.25) is 10.0 Å². The molecule has 6 heteroatoms. The fourth-order valence-electron chi connectivity index (χ4n) is 3.23. The van der Waals surface area contributed by atoms with Gasteiger partial charge in [-0.3, -0.25) is 9.10 Å². The summed E-state index contributed by atoms with van der Waals surface area (Å²) in [5.41, 5.74) is 3.64. The Balaban J connectivity index is 1.78. The molecular formula is C19H22N2O3S. The molecule has 1 aliphatic heterocycles. The zero-order valence-corrected chi connectivity index (χ0v) is 15.3. The number of anilines is 1. The number of fused-ring (bicyclic) bond motifs is 1. The van der Waals surface area contributed by atoms with Crippen molar-refractivity contribution < 1.29 is 13.2 Å². The summed E-state index contributed by atoms with van der Waals surface area (Å²) in [6.45, 7) is 3.45. The average molecular weight is 358 g/mol. The average Bonchev–Trinajstić information content (AvgIpc) is 2.61. The summed E-state index contributed by atoms with van der Waals surface area (Å²) in [5.74, 6) is -0.0246. The van der Waals surface area contributed by atoms with E-state index in [9.17, 15) is 13.2 Å². The third-order valence-corrected chi connectivity index (χ3v) is 5.78. The summed E-state index contributed by atoms with van der Waals surface area (Å²) < 4.78 is 24.9. The third kappa shape index (κ3) is 3.69. The minimum atomic E-state index is -3.32. The topological polar surface area (TPSA) is 57.7 Å². The number of amides is 1. The van der Waals surface area contributed by atoms with Crippen molar-refractivity contribution in [3.8, 4) is 0 Å². The Morgan fingerprint density at radius 3 is 2.32 bits per heavy atom. The summed E-state index contributed by atoms with van der Waals surface area (Å²) in [4.78, 5) is 14.6. The summed E-state index contributed by atoms with van der Waals surface area (Å²) in [7, 11) is -3.32. The van der Waals surface area contributed by atoms with Crippen LogP contribution in [0, 0.1) is 0 Å². The Kier molecular flexibility index (Phi) is 4.81. The molecule has 0 radical (unpaired) electrons. The number of nitrogens with zero attached hydrogens (tertiary/aromatic N) is 2. The SMILES string of the molecule is CCN(c1ccc(C(=O)N2CCc3ccccc3C2)cc1)S(C)(=O)=O. The number of benzene rings is 2. The van der Waals surface area contributed by atoms with Crippen molar-refractivity contribution in [2.24, 2.45) is 0 Å². The lowest BCUT2D eigenvalue weighted by atomic mass is 9.99. The van der Waals surface area contributed by atoms with Gasteiger partial charge in [-0.2, -0.15) is 0 Å². The van der Waals surface area contributed by atoms with E-state index >= 15 is 0 Å². The van der Waals surface area contributed by atoms with E-state index in [4.69, 9.17) is 0 Å². The van der Waals surface area contributed by atoms with Crippen molar-refractivity contribution in [1.82, 2.24) is 4.90 Å². The molecule has 1 heterocycles. The van der Waals surface area contributed by atoms with Crippen molar-refractivity contribution in [3.63, 3.8) is 0 Å². The summed E-state index contributed by atoms with van der Waals surface area (Å²) >= 11 is 0. The zero-order chi connectivity index (χ0) is 18.0. The molecule has 0 aromatic heterocycles. The van der Waals surface area contributed by atoms with Gasteiger partial charge < -0.3 is 4.90 Å². The Hall–Kier alpha value is -2.34. The van der Waals surface area contributed by atoms with Crippen molar-refractivity contribution in [1.29, 1.82) is 0 Å². The molecule has 0 saturated heterocycles. The van der Waals surface area contributed by atoms with E-state index in [1.54, 1.807) is 31.2 Å². The van der Waals surface area contributed by atoms with E-state index in [-0.39, 0.29) is 5.91 Å². The van der Waals surface area contributed by atoms with E-state index in [1.807, 2.05) is 17.0 Å². The van der Waals surface area contributed by atoms with Crippen LogP contribution in [0.4, 0.5) is 5.69 Å². The second-order valence-electron chi connectivity index (χ2n) is 6.22. The lowest BCUT2D eigenvalue weighted by Gasteiger charge is -2.29. The van der Waals surface area contributed by atoms with Crippen molar-refractivity contribution in [2.75, 3.05) is 23.7 Å². The van der Waals surface area contributed by atoms with Crippen molar-refractivity contribution >= 4 is 21.6 Å². The van der Waals surface area contributed by atoms with Gasteiger partial charge in [0.05, 0.1) is 11.9 Å². The van der Waals surface area contributed by atoms with Crippen LogP contribution < -0.4 is 4.31 Å². The van der Waals surface area contributed by atoms with Crippen molar-refractivity contribution in [2.45, 2.75) is 19.9 Å². The quantitative estimate of drug-likeness (QED) is 0.844. The minimum Gasteiger partial charge on any atom is -0.334 e. The number of sulfonamides is 1. The number of rotatable bonds is 4. The molecule has 25 heavy (non-hydrogen) atoms. The van der Waals surface area contributed by atoms with Gasteiger partial charge in [0.1, 0.15) is 0 Å². The predicted octanol–water partition coefficient (Wildman–Crippen LogP) is 2.67. The molecule has 0 unspecified atom stereocenters. The van der Waals surface area contributed by atoms with E-state index in [0.29, 0.717) is 30.9 Å². The maximum atomic E-state index is 12.8. The molecule has 2 aromatic rings. The second-order valence-corrected chi connectivity index (χ2v) is 8.13. The molecule has 0 N–H and O–H groups in total. The Morgan fingerprint density at radius 2 is 1.72 bits per heavy atom. The summed E-state index contributed by atoms with van der Waals surface area (Å²) in [6, 6.07) is 15.0. The molecule has 132 valence electrons. The first kappa shape index (κ1) is 17.5. The van der Waals surface area contributed by atoms with Gasteiger partial charge in [0, 0.05) is 25.2 Å². The largest absolute Gasteiger partial charge is 0.334 e. The highest BCUT2D eigenvalue weighted by Gasteiger charge is 2.22. The van der Waals surface area contributed by atoms with Gasteiger partial charge in [-0.25, -0.2) is 8.42 Å². The smallest absolute Gasteiger partial charge is 0.254 e. The maximum absolute atomic E-state index is 12.8. The van der Waals surface area contributed by atoms with E-state index in [2.05, 4.69) is 12.1 Å². The van der Waals surface area contributed by atoms with E-state index in [0.717, 1.165) is 6.42 Å². The lowest BCUT2D eigenvalue weighted by Crippen LogP contribution is -2.36. The second kappa shape index (κ2) is 6.88. The van der Waals surface area contributed by atoms with Gasteiger partial charge in [-0.1, -0.05) is 24.3 Å². The third-order valence-electron chi connectivity index (χ3n) is 4.51. The molecule has 1 aliphatic rings. The van der Waals surface area contributed by atoms with E-state index in [1.165, 1.54) is 21.7 Å². The molecular weight excluding hydrogens is 336 g/mol. The Bertz CT molecular complexity index is 876. The first-order chi connectivity index (χ1) is 11.9. The van der Waals surface area contributed by atoms with Gasteiger partial charge in [0.15, 0.2) is 0 Å². The number of hydrogen-bond donors (Lipinski definition) is 0. The predicted molar refractivity (Wildman–Crippen MR) is 99.2 cm³/mol. The van der Waals surface area contributed by atoms with Gasteiger partial charge >= 0.3 is 0 Å². The summed E-state index contributed by atoms with van der Waals surface area (Å²) in [6.07, 6.45) is 2.04. The minimum absolute atomic E-state index is 0.0246. The zero-order valence-electron chi connectivity index (χ0n) is 14.5. The fourth-order valence-corrected chi connectivity index (χ4v) is 4.20. The molecule has 1 amide bonds. The molecule has 0 spiro atoms. The molecule has 5 nitrogen and oxygen atoms in total. The molecule has 0 fully saturated rings. The van der Waals surface area contributed by atoms with Gasteiger partial charge in [0.25, 0.3) is 5.91 Å². The molecule has 0 bridgehead atoms. The maximum Gasteiger partial charge on any atom is 0.254 e. The van der Waals surface area contributed by atoms with Crippen LogP contribution >= 0.6 is 0 Å². The lowest BCUT2D eigenvalue weighted by molar-refractivity contribution is 0.0734. The van der Waals surface area contributed by atoms with E-state index < -0.39 is 10.0 Å². The normalized spacial score (nSPS) is 14.1. The highest BCUT2D eigenvalue weighted by molar-refractivity contribution is 7.92. The standard InChI is InChI=1S/C19H22N2O3S/c1-3-21(25(2,23)24)18-10-8-16(9-11-18)19(22)20-13-12-15-6-4-5-7-17(15)14-20/h4-11H,3,12-14H2,1-2H3. The van der Waals surface area contributed by atoms with Crippen molar-refractivity contribution in [3.05, 3.63) is 65.2 Å². The van der Waals surface area contributed by atoms with Crippen LogP contribution in [-0.2, 0) is 23.0 Å². The van der Waals surface area contributed by atoms with Crippen LogP contribution in [0.15, 0.2) is 48.5 Å². The van der Waals surface area contributed by atoms with Crippen LogP contribution in [0.1, 0.15) is 28.4 Å². The molecule has 3 rings (SSSR count). The summed E-state index contributed by atoms with van der Waals surface area (Å²) in [5, 5.41) is 0. The van der Waals surface area contributed by atoms with Crippen LogP contribution in [0.2, 0.25) is 0 Å². The number of carbonyl (C=O) groups excluding carboxylic acids is 1. The first-order valence-electron chi connectivity index (χ1n) is 8.34. The number of hydrogen-bond acceptors (Lipinski definition) is 3. The highest BCUT2D eigenvalue weighted by Crippen LogP contribution is 2.22. The number of carbonyl (C=O) groups is 1. The molecule has 0 atom stereocenters. The molecule has 0 aliphatic carbocycles. The van der Waals surface area contributed by atoms with Crippen LogP contribution in [-0.4, -0.2) is 38.6 Å². The molecule has 0 saturated carbocycles. The van der Waals surface area contributed by atoms with Crippen LogP contribution in [0.3, 0.4) is 0 Å². The highest BCUT2D eigenvalue weighted by atomic mass is 32.2. The Labute approximate surface area is 148 Å². The van der Waals surface area contributed by atoms with Crippen LogP contribution in [0.5, 0.6) is 0 Å². The fraction of sp³-hybridized carbons (Fsp3) is 0.316. The van der Waals surface area contributed by atoms with Gasteiger partial charge in [-0.05, 0) is 48.7 Å². The van der Waals surface area contributed by atoms with Crippen LogP contribution in [0.25, 0.3) is 0 Å². The van der Waals surface area contributed by atoms with Gasteiger partial charge in [-0.15, -0.1) is 0 Å². The monoisotopic (exact) mass is 358 g/mol. The first-order valence-corrected chi connectivity index (χ1v) is 10.2. The Morgan fingerprint density at radius 1 is 1.08 bits per heavy atom.